The molecular formula is C29H36N4O3S. The first-order valence-corrected chi connectivity index (χ1v) is 13.8. The molecule has 0 radical (unpaired) electrons. The third kappa shape index (κ3) is 6.01. The molecule has 1 aliphatic heterocycles. The van der Waals surface area contributed by atoms with E-state index >= 15 is 0 Å². The highest BCUT2D eigenvalue weighted by Gasteiger charge is 2.36. The Morgan fingerprint density at radius 2 is 1.84 bits per heavy atom. The second-order valence-electron chi connectivity index (χ2n) is 10.1. The number of carbonyl (C=O) groups excluding carboxylic acids is 1. The van der Waals surface area contributed by atoms with Gasteiger partial charge < -0.3 is 14.8 Å². The van der Waals surface area contributed by atoms with E-state index in [2.05, 4.69) is 62.3 Å². The van der Waals surface area contributed by atoms with Crippen LogP contribution in [0.5, 0.6) is 5.75 Å². The van der Waals surface area contributed by atoms with E-state index in [-0.39, 0.29) is 18.0 Å². The number of allylic oxidation sites excluding steroid dienone is 1. The van der Waals surface area contributed by atoms with Gasteiger partial charge in [-0.3, -0.25) is 0 Å². The summed E-state index contributed by atoms with van der Waals surface area (Å²) in [5.41, 5.74) is 4.47. The highest BCUT2D eigenvalue weighted by atomic mass is 32.2. The summed E-state index contributed by atoms with van der Waals surface area (Å²) in [4.78, 5) is 17.8. The molecule has 1 aliphatic rings. The van der Waals surface area contributed by atoms with Gasteiger partial charge in [-0.25, -0.2) is 9.48 Å². The maximum absolute atomic E-state index is 13.2. The zero-order chi connectivity index (χ0) is 26.6. The molecule has 37 heavy (non-hydrogen) atoms. The molecule has 7 nitrogen and oxygen atoms in total. The predicted molar refractivity (Wildman–Crippen MR) is 148 cm³/mol. The number of rotatable bonds is 9. The van der Waals surface area contributed by atoms with Crippen LogP contribution in [0.15, 0.2) is 65.0 Å². The van der Waals surface area contributed by atoms with Crippen LogP contribution in [0.4, 0.5) is 5.95 Å². The van der Waals surface area contributed by atoms with Gasteiger partial charge in [-0.15, -0.1) is 5.10 Å². The van der Waals surface area contributed by atoms with E-state index in [0.29, 0.717) is 34.7 Å². The van der Waals surface area contributed by atoms with Crippen molar-refractivity contribution >= 4 is 23.7 Å². The highest BCUT2D eigenvalue weighted by Crippen LogP contribution is 2.40. The average Bonchev–Trinajstić information content (AvgIpc) is 3.27. The number of carbonyl (C=O) groups is 1. The van der Waals surface area contributed by atoms with E-state index in [0.717, 1.165) is 23.3 Å². The van der Waals surface area contributed by atoms with Crippen molar-refractivity contribution in [3.8, 4) is 5.75 Å². The Balaban J connectivity index is 1.70. The molecular weight excluding hydrogens is 484 g/mol. The zero-order valence-corrected chi connectivity index (χ0v) is 23.3. The number of ether oxygens (including phenoxy) is 2. The van der Waals surface area contributed by atoms with Crippen molar-refractivity contribution in [3.05, 3.63) is 76.5 Å². The summed E-state index contributed by atoms with van der Waals surface area (Å²) >= 11 is 1.60. The number of nitrogens with one attached hydrogen (secondary N) is 1. The highest BCUT2D eigenvalue weighted by molar-refractivity contribution is 7.99. The molecule has 0 fully saturated rings. The van der Waals surface area contributed by atoms with Crippen LogP contribution in [0.2, 0.25) is 0 Å². The lowest BCUT2D eigenvalue weighted by atomic mass is 9.87. The van der Waals surface area contributed by atoms with Gasteiger partial charge in [-0.05, 0) is 42.9 Å². The number of esters is 1. The summed E-state index contributed by atoms with van der Waals surface area (Å²) in [5.74, 6) is 1.82. The molecule has 0 saturated carbocycles. The fraction of sp³-hybridized carbons (Fsp3) is 0.414. The fourth-order valence-corrected chi connectivity index (χ4v) is 4.93. The van der Waals surface area contributed by atoms with Gasteiger partial charge in [0.25, 0.3) is 0 Å². The summed E-state index contributed by atoms with van der Waals surface area (Å²) in [7, 11) is 0. The number of aromatic nitrogens is 3. The molecule has 1 aromatic heterocycles. The van der Waals surface area contributed by atoms with Crippen LogP contribution in [-0.2, 0) is 21.6 Å². The first kappa shape index (κ1) is 26.8. The topological polar surface area (TPSA) is 78.3 Å². The van der Waals surface area contributed by atoms with Crippen LogP contribution in [-0.4, -0.2) is 33.1 Å². The van der Waals surface area contributed by atoms with Gasteiger partial charge in [0.1, 0.15) is 18.4 Å². The maximum Gasteiger partial charge on any atom is 0.338 e. The molecule has 2 heterocycles. The maximum atomic E-state index is 13.2. The quantitative estimate of drug-likeness (QED) is 0.255. The normalized spacial score (nSPS) is 15.2. The number of hydrogen-bond donors (Lipinski definition) is 1. The molecule has 0 spiro atoms. The second-order valence-corrected chi connectivity index (χ2v) is 11.1. The van der Waals surface area contributed by atoms with Crippen molar-refractivity contribution < 1.29 is 14.3 Å². The minimum absolute atomic E-state index is 0.0957. The van der Waals surface area contributed by atoms with E-state index in [9.17, 15) is 4.79 Å². The Morgan fingerprint density at radius 3 is 2.51 bits per heavy atom. The first-order valence-electron chi connectivity index (χ1n) is 12.8. The van der Waals surface area contributed by atoms with Crippen molar-refractivity contribution in [3.63, 3.8) is 0 Å². The molecule has 0 saturated heterocycles. The number of thioether (sulfide) groups is 1. The number of hydrogen-bond acceptors (Lipinski definition) is 7. The lowest BCUT2D eigenvalue weighted by Gasteiger charge is -2.29. The Kier molecular flexibility index (Phi) is 8.27. The largest absolute Gasteiger partial charge is 0.489 e. The number of benzene rings is 2. The molecule has 2 aromatic carbocycles. The minimum Gasteiger partial charge on any atom is -0.489 e. The van der Waals surface area contributed by atoms with Crippen LogP contribution >= 0.6 is 11.8 Å². The van der Waals surface area contributed by atoms with E-state index in [1.165, 1.54) is 5.56 Å². The van der Waals surface area contributed by atoms with Crippen molar-refractivity contribution in [2.75, 3.05) is 17.7 Å². The minimum atomic E-state index is -0.529. The average molecular weight is 521 g/mol. The van der Waals surface area contributed by atoms with Crippen molar-refractivity contribution in [2.45, 2.75) is 71.2 Å². The molecule has 196 valence electrons. The van der Waals surface area contributed by atoms with Crippen molar-refractivity contribution in [1.82, 2.24) is 14.8 Å². The van der Waals surface area contributed by atoms with Gasteiger partial charge in [0.05, 0.1) is 12.2 Å². The van der Waals surface area contributed by atoms with Gasteiger partial charge in [-0.1, -0.05) is 81.9 Å². The molecule has 1 atom stereocenters. The smallest absolute Gasteiger partial charge is 0.338 e. The molecule has 0 aliphatic carbocycles. The van der Waals surface area contributed by atoms with Crippen LogP contribution in [0, 0.1) is 0 Å². The van der Waals surface area contributed by atoms with E-state index in [1.807, 2.05) is 31.2 Å². The molecule has 8 heteroatoms. The SMILES string of the molecule is CCCSc1nc2n(n1)C(c1ccccc1OCc1ccc(C(C)(C)C)cc1)C(C(=O)OCC)=C(C)N2. The standard InChI is InChI=1S/C29H36N4O3S/c1-7-17-37-28-31-27-30-19(3)24(26(34)35-8-2)25(33(27)32-28)22-11-9-10-12-23(22)36-18-20-13-15-21(16-14-20)29(4,5)6/h9-16,25H,7-8,17-18H2,1-6H3,(H,30,31,32). The summed E-state index contributed by atoms with van der Waals surface area (Å²) in [6.07, 6.45) is 1.02. The Labute approximate surface area is 223 Å². The number of anilines is 1. The Morgan fingerprint density at radius 1 is 1.11 bits per heavy atom. The van der Waals surface area contributed by atoms with Crippen LogP contribution < -0.4 is 10.1 Å². The lowest BCUT2D eigenvalue weighted by molar-refractivity contribution is -0.139. The summed E-state index contributed by atoms with van der Waals surface area (Å²) in [6.45, 7) is 13.1. The lowest BCUT2D eigenvalue weighted by Crippen LogP contribution is -2.30. The van der Waals surface area contributed by atoms with Gasteiger partial charge in [0.15, 0.2) is 0 Å². The molecule has 3 aromatic rings. The van der Waals surface area contributed by atoms with E-state index < -0.39 is 6.04 Å². The summed E-state index contributed by atoms with van der Waals surface area (Å²) < 4.78 is 13.6. The number of nitrogens with zero attached hydrogens (tertiary/aromatic N) is 3. The van der Waals surface area contributed by atoms with Crippen LogP contribution in [0.1, 0.15) is 70.7 Å². The van der Waals surface area contributed by atoms with Crippen molar-refractivity contribution in [1.29, 1.82) is 0 Å². The van der Waals surface area contributed by atoms with Crippen LogP contribution in [0.25, 0.3) is 0 Å². The zero-order valence-electron chi connectivity index (χ0n) is 22.5. The fourth-order valence-electron chi connectivity index (χ4n) is 4.25. The summed E-state index contributed by atoms with van der Waals surface area (Å²) in [6, 6.07) is 15.8. The number of para-hydroxylation sites is 1. The first-order chi connectivity index (χ1) is 17.7. The van der Waals surface area contributed by atoms with Gasteiger partial charge >= 0.3 is 5.97 Å². The van der Waals surface area contributed by atoms with Gasteiger partial charge in [0.2, 0.25) is 11.1 Å². The van der Waals surface area contributed by atoms with Crippen molar-refractivity contribution in [2.24, 2.45) is 0 Å². The third-order valence-electron chi connectivity index (χ3n) is 6.19. The van der Waals surface area contributed by atoms with E-state index in [4.69, 9.17) is 14.6 Å². The molecule has 1 unspecified atom stereocenters. The molecule has 1 N–H and O–H groups in total. The number of fused-ring (bicyclic) bond motifs is 1. The van der Waals surface area contributed by atoms with E-state index in [1.54, 1.807) is 23.4 Å². The Hall–Kier alpha value is -3.26. The van der Waals surface area contributed by atoms with Gasteiger partial charge in [0, 0.05) is 17.0 Å². The summed E-state index contributed by atoms with van der Waals surface area (Å²) in [5, 5.41) is 8.70. The monoisotopic (exact) mass is 520 g/mol. The molecule has 0 amide bonds. The third-order valence-corrected chi connectivity index (χ3v) is 7.24. The van der Waals surface area contributed by atoms with Gasteiger partial charge in [-0.2, -0.15) is 4.98 Å². The predicted octanol–water partition coefficient (Wildman–Crippen LogP) is 6.51. The van der Waals surface area contributed by atoms with Crippen LogP contribution in [0.3, 0.4) is 0 Å². The second kappa shape index (κ2) is 11.4. The molecule has 4 rings (SSSR count). The molecule has 0 bridgehead atoms. The Bertz CT molecular complexity index is 1280.